The van der Waals surface area contributed by atoms with Gasteiger partial charge in [-0.25, -0.2) is 0 Å². The molecule has 0 radical (unpaired) electrons. The van der Waals surface area contributed by atoms with Gasteiger partial charge in [-0.2, -0.15) is 0 Å². The average molecular weight is 298 g/mol. The molecule has 0 heterocycles. The van der Waals surface area contributed by atoms with Crippen molar-refractivity contribution in [1.82, 2.24) is 0 Å². The maximum atomic E-state index is 11.1. The molecule has 1 unspecified atom stereocenters. The summed E-state index contributed by atoms with van der Waals surface area (Å²) in [4.78, 5) is 32.7. The Morgan fingerprint density at radius 1 is 0.762 bits per heavy atom. The molecule has 0 spiro atoms. The monoisotopic (exact) mass is 298 g/mol. The van der Waals surface area contributed by atoms with Gasteiger partial charge < -0.3 is 9.90 Å². The summed E-state index contributed by atoms with van der Waals surface area (Å²) < 4.78 is 0. The second-order valence-corrected chi connectivity index (χ2v) is 5.92. The van der Waals surface area contributed by atoms with Crippen LogP contribution in [0.4, 0.5) is 0 Å². The van der Waals surface area contributed by atoms with Crippen molar-refractivity contribution in [3.63, 3.8) is 0 Å². The minimum atomic E-state index is -0.993. The van der Waals surface area contributed by atoms with Crippen molar-refractivity contribution in [2.45, 2.75) is 84.5 Å². The van der Waals surface area contributed by atoms with E-state index in [9.17, 15) is 14.4 Å². The maximum absolute atomic E-state index is 11.1. The van der Waals surface area contributed by atoms with E-state index >= 15 is 0 Å². The van der Waals surface area contributed by atoms with E-state index in [1.165, 1.54) is 32.6 Å². The van der Waals surface area contributed by atoms with Gasteiger partial charge >= 0.3 is 5.97 Å². The Labute approximate surface area is 128 Å². The van der Waals surface area contributed by atoms with Gasteiger partial charge in [0, 0.05) is 6.42 Å². The summed E-state index contributed by atoms with van der Waals surface area (Å²) in [5, 5.41) is 8.88. The molecule has 0 aromatic heterocycles. The van der Waals surface area contributed by atoms with Gasteiger partial charge in [0.2, 0.25) is 0 Å². The van der Waals surface area contributed by atoms with Crippen molar-refractivity contribution in [3.8, 4) is 0 Å². The van der Waals surface area contributed by atoms with E-state index in [1.807, 2.05) is 0 Å². The molecule has 0 aromatic carbocycles. The smallest absolute Gasteiger partial charge is 0.314 e. The first-order chi connectivity index (χ1) is 9.95. The van der Waals surface area contributed by atoms with E-state index in [4.69, 9.17) is 5.11 Å². The third kappa shape index (κ3) is 12.3. The van der Waals surface area contributed by atoms with Crippen molar-refractivity contribution < 1.29 is 19.5 Å². The number of carboxylic acids is 1. The van der Waals surface area contributed by atoms with Gasteiger partial charge in [0.05, 0.1) is 0 Å². The molecule has 122 valence electrons. The standard InChI is InChI=1S/C17H30O4/c1-14(18)12-10-8-6-4-3-5-7-9-11-13-16(15(2)19)17(20)21/h16H,3-13H2,1-2H3,(H,20,21). The third-order valence-corrected chi connectivity index (χ3v) is 3.81. The molecule has 0 fully saturated rings. The highest BCUT2D eigenvalue weighted by Gasteiger charge is 2.21. The topological polar surface area (TPSA) is 71.4 Å². The predicted molar refractivity (Wildman–Crippen MR) is 83.3 cm³/mol. The number of Topliss-reactive ketones (excluding diaryl/α,β-unsaturated/α-hetero) is 2. The van der Waals surface area contributed by atoms with E-state index in [1.54, 1.807) is 6.92 Å². The fraction of sp³-hybridized carbons (Fsp3) is 0.824. The number of carbonyl (C=O) groups excluding carboxylic acids is 2. The van der Waals surface area contributed by atoms with Gasteiger partial charge in [-0.3, -0.25) is 9.59 Å². The summed E-state index contributed by atoms with van der Waals surface area (Å²) in [5.41, 5.74) is 0. The Balaban J connectivity index is 3.34. The molecular weight excluding hydrogens is 268 g/mol. The summed E-state index contributed by atoms with van der Waals surface area (Å²) in [5.74, 6) is -1.77. The first-order valence-electron chi connectivity index (χ1n) is 8.18. The lowest BCUT2D eigenvalue weighted by Crippen LogP contribution is -2.21. The van der Waals surface area contributed by atoms with E-state index in [0.717, 1.165) is 32.1 Å². The van der Waals surface area contributed by atoms with Crippen LogP contribution in [0.1, 0.15) is 84.5 Å². The zero-order chi connectivity index (χ0) is 16.1. The van der Waals surface area contributed by atoms with Crippen LogP contribution >= 0.6 is 0 Å². The quantitative estimate of drug-likeness (QED) is 0.386. The van der Waals surface area contributed by atoms with E-state index in [-0.39, 0.29) is 11.6 Å². The lowest BCUT2D eigenvalue weighted by atomic mass is 9.97. The Morgan fingerprint density at radius 2 is 1.19 bits per heavy atom. The van der Waals surface area contributed by atoms with Crippen LogP contribution in [-0.2, 0) is 14.4 Å². The number of carbonyl (C=O) groups is 3. The predicted octanol–water partition coefficient (Wildman–Crippen LogP) is 4.16. The molecule has 0 rings (SSSR count). The number of hydrogen-bond acceptors (Lipinski definition) is 3. The van der Waals surface area contributed by atoms with Crippen LogP contribution < -0.4 is 0 Å². The summed E-state index contributed by atoms with van der Waals surface area (Å²) in [6, 6.07) is 0. The van der Waals surface area contributed by atoms with Crippen LogP contribution in [0.3, 0.4) is 0 Å². The summed E-state index contributed by atoms with van der Waals surface area (Å²) in [7, 11) is 0. The van der Waals surface area contributed by atoms with E-state index in [2.05, 4.69) is 0 Å². The molecule has 0 amide bonds. The number of hydrogen-bond donors (Lipinski definition) is 1. The number of unbranched alkanes of at least 4 members (excludes halogenated alkanes) is 8. The molecule has 4 heteroatoms. The van der Waals surface area contributed by atoms with Crippen molar-refractivity contribution in [2.24, 2.45) is 5.92 Å². The fourth-order valence-corrected chi connectivity index (χ4v) is 2.46. The largest absolute Gasteiger partial charge is 0.481 e. The highest BCUT2D eigenvalue weighted by Crippen LogP contribution is 2.15. The van der Waals surface area contributed by atoms with Crippen LogP contribution in [0.5, 0.6) is 0 Å². The second-order valence-electron chi connectivity index (χ2n) is 5.92. The molecule has 0 aromatic rings. The van der Waals surface area contributed by atoms with Gasteiger partial charge in [-0.05, 0) is 26.7 Å². The third-order valence-electron chi connectivity index (χ3n) is 3.81. The van der Waals surface area contributed by atoms with Crippen LogP contribution in [0.2, 0.25) is 0 Å². The van der Waals surface area contributed by atoms with Crippen LogP contribution in [0.25, 0.3) is 0 Å². The lowest BCUT2D eigenvalue weighted by Gasteiger charge is -2.08. The number of carboxylic acid groups (broad SMARTS) is 1. The van der Waals surface area contributed by atoms with Crippen LogP contribution in [0.15, 0.2) is 0 Å². The number of rotatable bonds is 14. The lowest BCUT2D eigenvalue weighted by molar-refractivity contribution is -0.146. The van der Waals surface area contributed by atoms with Crippen molar-refractivity contribution >= 4 is 17.5 Å². The molecule has 1 N–H and O–H groups in total. The summed E-state index contributed by atoms with van der Waals surface area (Å²) in [6.07, 6.45) is 11.0. The Hall–Kier alpha value is -1.19. The SMILES string of the molecule is CC(=O)CCCCCCCCCCCC(C(C)=O)C(=O)O. The van der Waals surface area contributed by atoms with Crippen LogP contribution in [-0.4, -0.2) is 22.6 Å². The Kier molecular flexibility index (Phi) is 11.8. The van der Waals surface area contributed by atoms with Crippen molar-refractivity contribution in [1.29, 1.82) is 0 Å². The summed E-state index contributed by atoms with van der Waals surface area (Å²) >= 11 is 0. The molecule has 0 saturated heterocycles. The maximum Gasteiger partial charge on any atom is 0.314 e. The zero-order valence-electron chi connectivity index (χ0n) is 13.5. The molecule has 0 aliphatic heterocycles. The highest BCUT2D eigenvalue weighted by atomic mass is 16.4. The van der Waals surface area contributed by atoms with E-state index in [0.29, 0.717) is 12.8 Å². The zero-order valence-corrected chi connectivity index (χ0v) is 13.5. The molecule has 0 aliphatic carbocycles. The normalized spacial score (nSPS) is 12.1. The first-order valence-corrected chi connectivity index (χ1v) is 8.18. The molecule has 0 saturated carbocycles. The Morgan fingerprint density at radius 3 is 1.57 bits per heavy atom. The minimum absolute atomic E-state index is 0.243. The summed E-state index contributed by atoms with van der Waals surface area (Å²) in [6.45, 7) is 2.99. The minimum Gasteiger partial charge on any atom is -0.481 e. The van der Waals surface area contributed by atoms with Gasteiger partial charge in [-0.15, -0.1) is 0 Å². The molecule has 0 aliphatic rings. The first kappa shape index (κ1) is 19.8. The Bertz CT molecular complexity index is 309. The number of ketones is 2. The molecule has 0 bridgehead atoms. The number of aliphatic carboxylic acids is 1. The second kappa shape index (κ2) is 12.5. The van der Waals surface area contributed by atoms with Crippen molar-refractivity contribution in [3.05, 3.63) is 0 Å². The van der Waals surface area contributed by atoms with Crippen LogP contribution in [0, 0.1) is 5.92 Å². The molecule has 1 atom stereocenters. The highest BCUT2D eigenvalue weighted by molar-refractivity contribution is 5.96. The molecule has 4 nitrogen and oxygen atoms in total. The van der Waals surface area contributed by atoms with Crippen molar-refractivity contribution in [2.75, 3.05) is 0 Å². The average Bonchev–Trinajstić information content (AvgIpc) is 2.38. The van der Waals surface area contributed by atoms with Gasteiger partial charge in [0.15, 0.2) is 0 Å². The molecular formula is C17H30O4. The van der Waals surface area contributed by atoms with Gasteiger partial charge in [-0.1, -0.05) is 51.4 Å². The van der Waals surface area contributed by atoms with Gasteiger partial charge in [0.25, 0.3) is 0 Å². The molecule has 21 heavy (non-hydrogen) atoms. The fourth-order valence-electron chi connectivity index (χ4n) is 2.46. The van der Waals surface area contributed by atoms with E-state index < -0.39 is 11.9 Å². The van der Waals surface area contributed by atoms with Gasteiger partial charge in [0.1, 0.15) is 17.5 Å².